The van der Waals surface area contributed by atoms with Crippen molar-refractivity contribution in [3.05, 3.63) is 470 Å². The summed E-state index contributed by atoms with van der Waals surface area (Å²) in [6, 6.07) is 129. The maximum atomic E-state index is 8.49. The SMILES string of the molecule is Brc1c(OCc2ccccc2)cc(OCc2ccccc2)c2c1O[C@H](c1ccc(OCc3ccccc3)c(OCc3ccccc3)c1)[C@@H](OCc1ccccc1)[C@@H]2c1c(OCc2ccccc2)cc(OCc2ccccc2)c2c1O[C@H](c1ccc(OCc3ccccc3)c(OCc3ccccc3)c1)[C@@H](OCc1ccccc1)[C@H]2Sc1ccccc1. The van der Waals surface area contributed by atoms with Crippen molar-refractivity contribution in [2.75, 3.05) is 0 Å². The molecule has 0 saturated heterocycles. The predicted octanol–water partition coefficient (Wildman–Crippen LogP) is 25.5. The molecular weight excluding hydrogens is 1580 g/mol. The van der Waals surface area contributed by atoms with Crippen LogP contribution in [0.2, 0.25) is 0 Å². The highest BCUT2D eigenvalue weighted by Gasteiger charge is 2.52. The topological polar surface area (TPSA) is 111 Å². The molecule has 17 rings (SSSR count). The molecule has 0 fully saturated rings. The van der Waals surface area contributed by atoms with Crippen molar-refractivity contribution in [1.82, 2.24) is 0 Å². The van der Waals surface area contributed by atoms with Gasteiger partial charge in [-0.1, -0.05) is 334 Å². The lowest BCUT2D eigenvalue weighted by molar-refractivity contribution is -0.0618. The van der Waals surface area contributed by atoms with Crippen LogP contribution >= 0.6 is 27.7 Å². The lowest BCUT2D eigenvalue weighted by Gasteiger charge is -2.45. The zero-order valence-electron chi connectivity index (χ0n) is 66.1. The number of ether oxygens (including phenoxy) is 12. The zero-order chi connectivity index (χ0) is 80.9. The first kappa shape index (κ1) is 79.5. The lowest BCUT2D eigenvalue weighted by atomic mass is 9.77. The van der Waals surface area contributed by atoms with Crippen LogP contribution in [-0.2, 0) is 75.5 Å². The Kier molecular flexibility index (Phi) is 26.2. The maximum absolute atomic E-state index is 8.49. The van der Waals surface area contributed by atoms with Crippen LogP contribution < -0.4 is 47.4 Å². The highest BCUT2D eigenvalue weighted by molar-refractivity contribution is 9.10. The predicted molar refractivity (Wildman–Crippen MR) is 473 cm³/mol. The van der Waals surface area contributed by atoms with Crippen LogP contribution in [0, 0.1) is 0 Å². The molecule has 2 aliphatic heterocycles. The molecule has 0 spiro atoms. The number of rotatable bonds is 35. The largest absolute Gasteiger partial charge is 0.488 e. The second kappa shape index (κ2) is 39.5. The van der Waals surface area contributed by atoms with Crippen molar-refractivity contribution in [2.24, 2.45) is 0 Å². The maximum Gasteiger partial charge on any atom is 0.162 e. The molecule has 6 atom stereocenters. The number of hydrogen-bond donors (Lipinski definition) is 0. The van der Waals surface area contributed by atoms with Gasteiger partial charge in [-0.25, -0.2) is 0 Å². The Morgan fingerprint density at radius 1 is 0.233 bits per heavy atom. The second-order valence-corrected chi connectivity index (χ2v) is 31.5. The van der Waals surface area contributed by atoms with E-state index in [4.69, 9.17) is 56.8 Å². The molecule has 2 aliphatic rings. The first-order valence-electron chi connectivity index (χ1n) is 40.5. The van der Waals surface area contributed by atoms with Gasteiger partial charge < -0.3 is 56.8 Å². The van der Waals surface area contributed by atoms with E-state index in [9.17, 15) is 0 Å². The average molecular weight is 1670 g/mol. The number of hydrogen-bond acceptors (Lipinski definition) is 13. The average Bonchev–Trinajstić information content (AvgIpc) is 0.709. The molecule has 12 nitrogen and oxygen atoms in total. The Hall–Kier alpha value is -13.0. The summed E-state index contributed by atoms with van der Waals surface area (Å²) in [4.78, 5) is 0.976. The van der Waals surface area contributed by atoms with E-state index in [1.807, 2.05) is 212 Å². The van der Waals surface area contributed by atoms with Crippen molar-refractivity contribution in [3.8, 4) is 57.5 Å². The van der Waals surface area contributed by atoms with Crippen LogP contribution in [0.1, 0.15) is 107 Å². The molecule has 15 aromatic rings. The van der Waals surface area contributed by atoms with Crippen LogP contribution in [0.25, 0.3) is 0 Å². The summed E-state index contributed by atoms with van der Waals surface area (Å²) in [6.07, 6.45) is -3.73. The van der Waals surface area contributed by atoms with Crippen LogP contribution in [0.4, 0.5) is 0 Å². The van der Waals surface area contributed by atoms with Gasteiger partial charge in [-0.2, -0.15) is 0 Å². The van der Waals surface area contributed by atoms with Crippen molar-refractivity contribution in [2.45, 2.75) is 107 Å². The monoisotopic (exact) mass is 1660 g/mol. The molecule has 120 heavy (non-hydrogen) atoms. The van der Waals surface area contributed by atoms with Crippen molar-refractivity contribution in [3.63, 3.8) is 0 Å². The third kappa shape index (κ3) is 19.9. The standard InChI is InChI=1S/C106H89BrO12S/c107-99-94(115-71-81-48-26-8-27-49-81)63-92(113-69-79-44-22-6-23-45-79)96-98(104(116-72-82-50-28-9-29-51-82)100(119-103(96)99)84-56-58-87(108-64-74-34-12-1-13-35-74)89(60-84)110-66-76-38-16-3-17-39-76)95-91(112-68-78-42-20-5-21-43-78)62-93(114-70-80-46-24-7-25-47-80)97-102(95)118-101(105(117-73-83-52-30-10-31-53-83)106(97)120-86-54-32-11-33-55-86)85-57-59-88(109-65-75-36-14-2-15-37-75)90(61-85)111-67-77-40-18-4-19-41-77/h1-63,98,100-101,104-106H,64-73H2/t98-,100-,101-,104+,105-,106+/m1/s1. The van der Waals surface area contributed by atoms with Gasteiger partial charge in [0.25, 0.3) is 0 Å². The number of fused-ring (bicyclic) bond motifs is 2. The Labute approximate surface area is 713 Å². The summed E-state index contributed by atoms with van der Waals surface area (Å²) in [7, 11) is 0. The smallest absolute Gasteiger partial charge is 0.162 e. The molecule has 0 saturated carbocycles. The van der Waals surface area contributed by atoms with Gasteiger partial charge in [0, 0.05) is 28.2 Å². The number of halogens is 1. The highest BCUT2D eigenvalue weighted by Crippen LogP contribution is 2.64. The normalized spacial score (nSPS) is 15.8. The van der Waals surface area contributed by atoms with Gasteiger partial charge in [-0.05, 0) is 119 Å². The van der Waals surface area contributed by atoms with Gasteiger partial charge in [-0.3, -0.25) is 0 Å². The summed E-state index contributed by atoms with van der Waals surface area (Å²) in [5.74, 6) is 3.90. The molecule has 14 heteroatoms. The van der Waals surface area contributed by atoms with Crippen molar-refractivity contribution < 1.29 is 56.8 Å². The van der Waals surface area contributed by atoms with E-state index in [1.54, 1.807) is 11.8 Å². The van der Waals surface area contributed by atoms with Gasteiger partial charge in [-0.15, -0.1) is 11.8 Å². The molecule has 0 aliphatic carbocycles. The Bertz CT molecular complexity index is 5760. The Morgan fingerprint density at radius 2 is 0.492 bits per heavy atom. The molecule has 598 valence electrons. The lowest BCUT2D eigenvalue weighted by Crippen LogP contribution is -2.40. The summed E-state index contributed by atoms with van der Waals surface area (Å²) in [5, 5.41) is -0.638. The fourth-order valence-corrected chi connectivity index (χ4v) is 16.9. The van der Waals surface area contributed by atoms with Gasteiger partial charge >= 0.3 is 0 Å². The second-order valence-electron chi connectivity index (χ2n) is 29.5. The minimum atomic E-state index is -1.01. The van der Waals surface area contributed by atoms with Crippen molar-refractivity contribution >= 4 is 27.7 Å². The molecule has 0 radical (unpaired) electrons. The summed E-state index contributed by atoms with van der Waals surface area (Å²) < 4.78 is 90.4. The van der Waals surface area contributed by atoms with Gasteiger partial charge in [0.2, 0.25) is 0 Å². The van der Waals surface area contributed by atoms with Crippen LogP contribution in [0.5, 0.6) is 57.5 Å². The Balaban J connectivity index is 0.954. The summed E-state index contributed by atoms with van der Waals surface area (Å²) in [5.41, 5.74) is 13.0. The van der Waals surface area contributed by atoms with Crippen LogP contribution in [-0.4, -0.2) is 12.2 Å². The van der Waals surface area contributed by atoms with E-state index >= 15 is 0 Å². The fourth-order valence-electron chi connectivity index (χ4n) is 15.1. The third-order valence-electron chi connectivity index (χ3n) is 21.2. The first-order chi connectivity index (χ1) is 59.4. The van der Waals surface area contributed by atoms with E-state index in [-0.39, 0.29) is 66.1 Å². The summed E-state index contributed by atoms with van der Waals surface area (Å²) in [6.45, 7) is 2.08. The first-order valence-corrected chi connectivity index (χ1v) is 42.1. The number of thioether (sulfide) groups is 1. The molecule has 0 N–H and O–H groups in total. The quantitative estimate of drug-likeness (QED) is 0.0376. The number of benzene rings is 15. The Morgan fingerprint density at radius 3 is 0.842 bits per heavy atom. The van der Waals surface area contributed by atoms with Gasteiger partial charge in [0.1, 0.15) is 104 Å². The fraction of sp³-hybridized carbons (Fsp3) is 0.151. The van der Waals surface area contributed by atoms with E-state index in [1.165, 1.54) is 0 Å². The van der Waals surface area contributed by atoms with Crippen LogP contribution in [0.3, 0.4) is 0 Å². The van der Waals surface area contributed by atoms with E-state index in [0.29, 0.717) is 78.7 Å². The molecule has 0 amide bonds. The highest BCUT2D eigenvalue weighted by atomic mass is 79.9. The van der Waals surface area contributed by atoms with E-state index < -0.39 is 35.6 Å². The van der Waals surface area contributed by atoms with Crippen molar-refractivity contribution in [1.29, 1.82) is 0 Å². The van der Waals surface area contributed by atoms with Gasteiger partial charge in [0.05, 0.1) is 29.9 Å². The minimum absolute atomic E-state index is 0.126. The molecule has 0 aromatic heterocycles. The summed E-state index contributed by atoms with van der Waals surface area (Å²) >= 11 is 5.96. The third-order valence-corrected chi connectivity index (χ3v) is 23.2. The molecule has 15 aromatic carbocycles. The zero-order valence-corrected chi connectivity index (χ0v) is 68.5. The van der Waals surface area contributed by atoms with E-state index in [0.717, 1.165) is 71.7 Å². The minimum Gasteiger partial charge on any atom is -0.488 e. The molecule has 0 bridgehead atoms. The molecule has 2 heterocycles. The molecule has 0 unspecified atom stereocenters. The van der Waals surface area contributed by atoms with E-state index in [2.05, 4.69) is 186 Å². The molecular formula is C106H89BrO12S. The van der Waals surface area contributed by atoms with Gasteiger partial charge in [0.15, 0.2) is 35.2 Å². The van der Waals surface area contributed by atoms with Crippen LogP contribution in [0.15, 0.2) is 392 Å².